The van der Waals surface area contributed by atoms with Crippen molar-refractivity contribution in [2.24, 2.45) is 0 Å². The monoisotopic (exact) mass is 462 g/mol. The molecule has 0 bridgehead atoms. The Hall–Kier alpha value is -1.07. The predicted molar refractivity (Wildman–Crippen MR) is 118 cm³/mol. The van der Waals surface area contributed by atoms with E-state index in [4.69, 9.17) is 27.9 Å². The molecular formula is C22H38O8S. The van der Waals surface area contributed by atoms with Gasteiger partial charge in [0, 0.05) is 6.61 Å². The first kappa shape index (κ1) is 28.0. The Morgan fingerprint density at radius 1 is 0.581 bits per heavy atom. The molecule has 0 aliphatic rings. The summed E-state index contributed by atoms with van der Waals surface area (Å²) in [6.07, 6.45) is 4.85. The Kier molecular flexibility index (Phi) is 17.7. The molecular weight excluding hydrogens is 424 g/mol. The first-order valence-electron chi connectivity index (χ1n) is 11.0. The number of unbranched alkanes of at least 4 members (excludes halogenated alkanes) is 3. The van der Waals surface area contributed by atoms with Crippen molar-refractivity contribution >= 4 is 10.1 Å². The van der Waals surface area contributed by atoms with Crippen LogP contribution in [0.2, 0.25) is 0 Å². The second kappa shape index (κ2) is 19.6. The van der Waals surface area contributed by atoms with Gasteiger partial charge in [-0.3, -0.25) is 4.18 Å². The highest BCUT2D eigenvalue weighted by atomic mass is 32.2. The summed E-state index contributed by atoms with van der Waals surface area (Å²) in [5.41, 5.74) is 0. The summed E-state index contributed by atoms with van der Waals surface area (Å²) in [7, 11) is -3.73. The van der Waals surface area contributed by atoms with Crippen LogP contribution in [0.25, 0.3) is 0 Å². The smallest absolute Gasteiger partial charge is 0.297 e. The molecule has 0 amide bonds. The molecule has 1 aromatic carbocycles. The highest BCUT2D eigenvalue weighted by Crippen LogP contribution is 2.10. The Labute approximate surface area is 187 Å². The molecule has 0 fully saturated rings. The maximum atomic E-state index is 11.9. The lowest BCUT2D eigenvalue weighted by Crippen LogP contribution is -2.15. The summed E-state index contributed by atoms with van der Waals surface area (Å²) in [5.74, 6) is 0. The molecule has 0 radical (unpaired) electrons. The van der Waals surface area contributed by atoms with Gasteiger partial charge in [0.25, 0.3) is 10.1 Å². The molecule has 0 aromatic heterocycles. The average Bonchev–Trinajstić information content (AvgIpc) is 2.78. The zero-order valence-electron chi connectivity index (χ0n) is 18.7. The lowest BCUT2D eigenvalue weighted by molar-refractivity contribution is -0.0127. The second-order valence-electron chi connectivity index (χ2n) is 6.71. The maximum Gasteiger partial charge on any atom is 0.297 e. The van der Waals surface area contributed by atoms with E-state index in [0.717, 1.165) is 13.0 Å². The van der Waals surface area contributed by atoms with Gasteiger partial charge in [0.2, 0.25) is 0 Å². The van der Waals surface area contributed by atoms with Crippen LogP contribution in [-0.4, -0.2) is 81.1 Å². The molecule has 0 saturated carbocycles. The molecule has 31 heavy (non-hydrogen) atoms. The Bertz CT molecular complexity index is 609. The van der Waals surface area contributed by atoms with E-state index in [1.807, 2.05) is 0 Å². The highest BCUT2D eigenvalue weighted by Gasteiger charge is 2.13. The number of benzene rings is 1. The van der Waals surface area contributed by atoms with Gasteiger partial charge < -0.3 is 23.7 Å². The molecule has 0 saturated heterocycles. The van der Waals surface area contributed by atoms with Crippen LogP contribution < -0.4 is 0 Å². The fraction of sp³-hybridized carbons (Fsp3) is 0.727. The molecule has 0 aliphatic carbocycles. The largest absolute Gasteiger partial charge is 0.379 e. The lowest BCUT2D eigenvalue weighted by Gasteiger charge is -2.08. The summed E-state index contributed by atoms with van der Waals surface area (Å²) in [6.45, 7) is 7.10. The number of hydrogen-bond donors (Lipinski definition) is 0. The fourth-order valence-electron chi connectivity index (χ4n) is 2.47. The van der Waals surface area contributed by atoms with E-state index in [9.17, 15) is 8.42 Å². The molecule has 0 spiro atoms. The van der Waals surface area contributed by atoms with E-state index in [2.05, 4.69) is 6.92 Å². The summed E-state index contributed by atoms with van der Waals surface area (Å²) in [4.78, 5) is 0.134. The van der Waals surface area contributed by atoms with Gasteiger partial charge in [-0.25, -0.2) is 0 Å². The quantitative estimate of drug-likeness (QED) is 0.192. The summed E-state index contributed by atoms with van der Waals surface area (Å²) >= 11 is 0. The first-order valence-corrected chi connectivity index (χ1v) is 12.4. The minimum absolute atomic E-state index is 0.0375. The molecule has 0 atom stereocenters. The van der Waals surface area contributed by atoms with Gasteiger partial charge in [-0.2, -0.15) is 8.42 Å². The van der Waals surface area contributed by atoms with Crippen molar-refractivity contribution in [3.05, 3.63) is 30.3 Å². The van der Waals surface area contributed by atoms with Gasteiger partial charge in [-0.05, 0) is 18.6 Å². The van der Waals surface area contributed by atoms with Gasteiger partial charge in [0.15, 0.2) is 0 Å². The van der Waals surface area contributed by atoms with Crippen LogP contribution >= 0.6 is 0 Å². The molecule has 0 unspecified atom stereocenters. The Morgan fingerprint density at radius 2 is 1.03 bits per heavy atom. The Morgan fingerprint density at radius 3 is 1.52 bits per heavy atom. The zero-order valence-corrected chi connectivity index (χ0v) is 19.5. The normalized spacial score (nSPS) is 11.8. The van der Waals surface area contributed by atoms with Crippen LogP contribution in [0.15, 0.2) is 35.2 Å². The van der Waals surface area contributed by atoms with E-state index >= 15 is 0 Å². The van der Waals surface area contributed by atoms with Crippen molar-refractivity contribution in [3.8, 4) is 0 Å². The molecule has 9 heteroatoms. The van der Waals surface area contributed by atoms with Crippen molar-refractivity contribution in [1.29, 1.82) is 0 Å². The Balaban J connectivity index is 1.77. The van der Waals surface area contributed by atoms with Crippen molar-refractivity contribution in [1.82, 2.24) is 0 Å². The van der Waals surface area contributed by atoms with E-state index < -0.39 is 10.1 Å². The van der Waals surface area contributed by atoms with Crippen LogP contribution in [0.4, 0.5) is 0 Å². The van der Waals surface area contributed by atoms with Crippen LogP contribution in [0.5, 0.6) is 0 Å². The average molecular weight is 463 g/mol. The van der Waals surface area contributed by atoms with Crippen molar-refractivity contribution < 1.29 is 36.3 Å². The molecule has 0 heterocycles. The zero-order chi connectivity index (χ0) is 22.5. The summed E-state index contributed by atoms with van der Waals surface area (Å²) < 4.78 is 55.7. The molecule has 1 aromatic rings. The SMILES string of the molecule is CCCCCCOCCOCCOCCOCCOCCOS(=O)(=O)c1ccccc1. The predicted octanol–water partition coefficient (Wildman–Crippen LogP) is 3.06. The van der Waals surface area contributed by atoms with Gasteiger partial charge >= 0.3 is 0 Å². The van der Waals surface area contributed by atoms with E-state index in [-0.39, 0.29) is 18.1 Å². The molecule has 8 nitrogen and oxygen atoms in total. The van der Waals surface area contributed by atoms with Crippen molar-refractivity contribution in [2.75, 3.05) is 72.7 Å². The van der Waals surface area contributed by atoms with Crippen LogP contribution in [0.1, 0.15) is 32.6 Å². The standard InChI is InChI=1S/C22H38O8S/c1-2-3-4-8-11-25-12-13-26-14-15-27-16-17-28-18-19-29-20-21-30-31(23,24)22-9-6-5-7-10-22/h5-7,9-10H,2-4,8,11-21H2,1H3. The first-order chi connectivity index (χ1) is 15.2. The number of ether oxygens (including phenoxy) is 5. The molecule has 0 N–H and O–H groups in total. The minimum atomic E-state index is -3.73. The summed E-state index contributed by atoms with van der Waals surface area (Å²) in [5, 5.41) is 0. The van der Waals surface area contributed by atoms with Crippen LogP contribution in [0.3, 0.4) is 0 Å². The highest BCUT2D eigenvalue weighted by molar-refractivity contribution is 7.86. The molecule has 1 rings (SSSR count). The van der Waals surface area contributed by atoms with Crippen LogP contribution in [0, 0.1) is 0 Å². The third-order valence-corrected chi connectivity index (χ3v) is 5.45. The van der Waals surface area contributed by atoms with Crippen LogP contribution in [-0.2, 0) is 38.0 Å². The third kappa shape index (κ3) is 16.3. The fourth-order valence-corrected chi connectivity index (χ4v) is 3.38. The van der Waals surface area contributed by atoms with Gasteiger partial charge in [-0.1, -0.05) is 44.4 Å². The van der Waals surface area contributed by atoms with E-state index in [0.29, 0.717) is 52.9 Å². The second-order valence-corrected chi connectivity index (χ2v) is 8.33. The molecule has 0 aliphatic heterocycles. The number of hydrogen-bond acceptors (Lipinski definition) is 8. The van der Waals surface area contributed by atoms with Crippen molar-refractivity contribution in [3.63, 3.8) is 0 Å². The van der Waals surface area contributed by atoms with Gasteiger partial charge in [-0.15, -0.1) is 0 Å². The van der Waals surface area contributed by atoms with Gasteiger partial charge in [0.1, 0.15) is 0 Å². The topological polar surface area (TPSA) is 89.5 Å². The summed E-state index contributed by atoms with van der Waals surface area (Å²) in [6, 6.07) is 8.01. The van der Waals surface area contributed by atoms with E-state index in [1.165, 1.54) is 31.4 Å². The van der Waals surface area contributed by atoms with E-state index in [1.54, 1.807) is 18.2 Å². The molecule has 180 valence electrons. The lowest BCUT2D eigenvalue weighted by atomic mass is 10.2. The third-order valence-electron chi connectivity index (χ3n) is 4.13. The van der Waals surface area contributed by atoms with Gasteiger partial charge in [0.05, 0.1) is 71.0 Å². The minimum Gasteiger partial charge on any atom is -0.379 e. The van der Waals surface area contributed by atoms with Crippen molar-refractivity contribution in [2.45, 2.75) is 37.5 Å². The maximum absolute atomic E-state index is 11.9. The number of rotatable bonds is 22.